The third-order valence-electron chi connectivity index (χ3n) is 4.62. The molecule has 0 saturated heterocycles. The number of rotatable bonds is 7. The van der Waals surface area contributed by atoms with Crippen LogP contribution in [-0.4, -0.2) is 30.3 Å². The van der Waals surface area contributed by atoms with E-state index in [4.69, 9.17) is 0 Å². The number of alkyl halides is 3. The van der Waals surface area contributed by atoms with Crippen LogP contribution in [-0.2, 0) is 17.5 Å². The number of hydrogen-bond donors (Lipinski definition) is 2. The SMILES string of the molecule is CN(CC(=O)Nc1ccccc1C(=O)Nc1ccccc1)Cc1ccc(C(F)(F)F)cc1. The molecule has 0 saturated carbocycles. The lowest BCUT2D eigenvalue weighted by Crippen LogP contribution is -2.30. The molecular formula is C24H22F3N3O2. The summed E-state index contributed by atoms with van der Waals surface area (Å²) in [4.78, 5) is 26.8. The molecule has 0 atom stereocenters. The number of anilines is 2. The maximum Gasteiger partial charge on any atom is 0.416 e. The Morgan fingerprint density at radius 3 is 2.12 bits per heavy atom. The number of nitrogens with zero attached hydrogens (tertiary/aromatic N) is 1. The first-order valence-electron chi connectivity index (χ1n) is 9.82. The highest BCUT2D eigenvalue weighted by Crippen LogP contribution is 2.29. The summed E-state index contributed by atoms with van der Waals surface area (Å²) in [6, 6.07) is 20.4. The molecule has 32 heavy (non-hydrogen) atoms. The van der Waals surface area contributed by atoms with Crippen LogP contribution in [0.25, 0.3) is 0 Å². The summed E-state index contributed by atoms with van der Waals surface area (Å²) in [7, 11) is 1.69. The van der Waals surface area contributed by atoms with Crippen molar-refractivity contribution in [3.05, 3.63) is 95.6 Å². The average molecular weight is 441 g/mol. The minimum absolute atomic E-state index is 0.00430. The first-order valence-corrected chi connectivity index (χ1v) is 9.82. The average Bonchev–Trinajstić information content (AvgIpc) is 2.74. The van der Waals surface area contributed by atoms with Gasteiger partial charge in [0.25, 0.3) is 5.91 Å². The summed E-state index contributed by atoms with van der Waals surface area (Å²) in [5.41, 5.74) is 1.25. The van der Waals surface area contributed by atoms with E-state index in [1.54, 1.807) is 60.5 Å². The van der Waals surface area contributed by atoms with E-state index in [-0.39, 0.29) is 18.4 Å². The Labute approximate surface area is 183 Å². The van der Waals surface area contributed by atoms with Crippen LogP contribution in [0.2, 0.25) is 0 Å². The van der Waals surface area contributed by atoms with Crippen LogP contribution in [0, 0.1) is 0 Å². The molecule has 0 radical (unpaired) electrons. The molecule has 0 bridgehead atoms. The van der Waals surface area contributed by atoms with Crippen LogP contribution >= 0.6 is 0 Å². The van der Waals surface area contributed by atoms with Crippen molar-refractivity contribution in [2.24, 2.45) is 0 Å². The fourth-order valence-electron chi connectivity index (χ4n) is 3.11. The molecule has 8 heteroatoms. The first-order chi connectivity index (χ1) is 15.2. The summed E-state index contributed by atoms with van der Waals surface area (Å²) in [5, 5.41) is 5.51. The van der Waals surface area contributed by atoms with Gasteiger partial charge in [0.15, 0.2) is 0 Å². The number of nitrogens with one attached hydrogen (secondary N) is 2. The molecular weight excluding hydrogens is 419 g/mol. The molecule has 0 unspecified atom stereocenters. The number of hydrogen-bond acceptors (Lipinski definition) is 3. The van der Waals surface area contributed by atoms with Crippen LogP contribution < -0.4 is 10.6 Å². The third kappa shape index (κ3) is 6.42. The van der Waals surface area contributed by atoms with Crippen molar-refractivity contribution in [2.75, 3.05) is 24.2 Å². The Kier molecular flexibility index (Phi) is 7.27. The minimum Gasteiger partial charge on any atom is -0.324 e. The quantitative estimate of drug-likeness (QED) is 0.541. The van der Waals surface area contributed by atoms with E-state index in [0.717, 1.165) is 12.1 Å². The molecule has 0 heterocycles. The van der Waals surface area contributed by atoms with Crippen LogP contribution in [0.4, 0.5) is 24.5 Å². The van der Waals surface area contributed by atoms with Crippen molar-refractivity contribution in [3.8, 4) is 0 Å². The van der Waals surface area contributed by atoms with Gasteiger partial charge in [0.2, 0.25) is 5.91 Å². The smallest absolute Gasteiger partial charge is 0.324 e. The fourth-order valence-corrected chi connectivity index (χ4v) is 3.11. The molecule has 3 aromatic carbocycles. The topological polar surface area (TPSA) is 61.4 Å². The highest BCUT2D eigenvalue weighted by atomic mass is 19.4. The van der Waals surface area contributed by atoms with E-state index in [0.29, 0.717) is 29.0 Å². The number of carbonyl (C=O) groups excluding carboxylic acids is 2. The second kappa shape index (κ2) is 10.1. The van der Waals surface area contributed by atoms with Gasteiger partial charge in [-0.25, -0.2) is 0 Å². The number of halogens is 3. The predicted octanol–water partition coefficient (Wildman–Crippen LogP) is 5.03. The van der Waals surface area contributed by atoms with Crippen molar-refractivity contribution in [3.63, 3.8) is 0 Å². The van der Waals surface area contributed by atoms with Crippen molar-refractivity contribution < 1.29 is 22.8 Å². The van der Waals surface area contributed by atoms with Gasteiger partial charge in [0, 0.05) is 12.2 Å². The molecule has 2 N–H and O–H groups in total. The molecule has 5 nitrogen and oxygen atoms in total. The standard InChI is InChI=1S/C24H22F3N3O2/c1-30(15-17-11-13-18(14-12-17)24(25,26)27)16-22(31)29-21-10-6-5-9-20(21)23(32)28-19-7-3-2-4-8-19/h2-14H,15-16H2,1H3,(H,28,32)(H,29,31). The first kappa shape index (κ1) is 23.0. The van der Waals surface area contributed by atoms with E-state index in [9.17, 15) is 22.8 Å². The molecule has 3 rings (SSSR count). The predicted molar refractivity (Wildman–Crippen MR) is 117 cm³/mol. The van der Waals surface area contributed by atoms with Crippen LogP contribution in [0.15, 0.2) is 78.9 Å². The largest absolute Gasteiger partial charge is 0.416 e. The highest BCUT2D eigenvalue weighted by Gasteiger charge is 2.29. The van der Waals surface area contributed by atoms with E-state index in [1.807, 2.05) is 6.07 Å². The molecule has 166 valence electrons. The van der Waals surface area contributed by atoms with Gasteiger partial charge < -0.3 is 10.6 Å². The van der Waals surface area contributed by atoms with Gasteiger partial charge in [-0.3, -0.25) is 14.5 Å². The molecule has 0 aliphatic rings. The van der Waals surface area contributed by atoms with E-state index in [1.165, 1.54) is 12.1 Å². The molecule has 0 aromatic heterocycles. The lowest BCUT2D eigenvalue weighted by Gasteiger charge is -2.18. The number of carbonyl (C=O) groups is 2. The second-order valence-corrected chi connectivity index (χ2v) is 7.28. The van der Waals surface area contributed by atoms with Gasteiger partial charge in [0.1, 0.15) is 0 Å². The zero-order valence-corrected chi connectivity index (χ0v) is 17.3. The Morgan fingerprint density at radius 1 is 0.844 bits per heavy atom. The maximum atomic E-state index is 12.7. The second-order valence-electron chi connectivity index (χ2n) is 7.28. The monoisotopic (exact) mass is 441 g/mol. The van der Waals surface area contributed by atoms with Gasteiger partial charge >= 0.3 is 6.18 Å². The number of para-hydroxylation sites is 2. The molecule has 2 amide bonds. The Balaban J connectivity index is 1.59. The number of benzene rings is 3. The molecule has 0 aliphatic heterocycles. The molecule has 0 fully saturated rings. The van der Waals surface area contributed by atoms with Gasteiger partial charge in [-0.15, -0.1) is 0 Å². The van der Waals surface area contributed by atoms with Gasteiger partial charge in [-0.05, 0) is 49.0 Å². The van der Waals surface area contributed by atoms with Crippen molar-refractivity contribution in [2.45, 2.75) is 12.7 Å². The third-order valence-corrected chi connectivity index (χ3v) is 4.62. The number of amides is 2. The van der Waals surface area contributed by atoms with Crippen molar-refractivity contribution in [1.82, 2.24) is 4.90 Å². The van der Waals surface area contributed by atoms with Gasteiger partial charge in [-0.1, -0.05) is 42.5 Å². The molecule has 0 aliphatic carbocycles. The van der Waals surface area contributed by atoms with Gasteiger partial charge in [0.05, 0.1) is 23.4 Å². The summed E-state index contributed by atoms with van der Waals surface area (Å²) >= 11 is 0. The van der Waals surface area contributed by atoms with E-state index < -0.39 is 11.7 Å². The van der Waals surface area contributed by atoms with Crippen molar-refractivity contribution >= 4 is 23.2 Å². The van der Waals surface area contributed by atoms with Crippen LogP contribution in [0.1, 0.15) is 21.5 Å². The van der Waals surface area contributed by atoms with Crippen LogP contribution in [0.3, 0.4) is 0 Å². The Hall–Kier alpha value is -3.65. The van der Waals surface area contributed by atoms with Crippen molar-refractivity contribution in [1.29, 1.82) is 0 Å². The summed E-state index contributed by atoms with van der Waals surface area (Å²) in [6.07, 6.45) is -4.38. The number of likely N-dealkylation sites (N-methyl/N-ethyl adjacent to an activating group) is 1. The summed E-state index contributed by atoms with van der Waals surface area (Å²) in [6.45, 7) is 0.289. The lowest BCUT2D eigenvalue weighted by atomic mass is 10.1. The van der Waals surface area contributed by atoms with E-state index >= 15 is 0 Å². The van der Waals surface area contributed by atoms with Crippen LogP contribution in [0.5, 0.6) is 0 Å². The zero-order valence-electron chi connectivity index (χ0n) is 17.3. The highest BCUT2D eigenvalue weighted by molar-refractivity contribution is 6.10. The fraction of sp³-hybridized carbons (Fsp3) is 0.167. The minimum atomic E-state index is -4.38. The normalized spacial score (nSPS) is 11.3. The zero-order chi connectivity index (χ0) is 23.1. The molecule has 0 spiro atoms. The van der Waals surface area contributed by atoms with Gasteiger partial charge in [-0.2, -0.15) is 13.2 Å². The Bertz CT molecular complexity index is 1070. The van der Waals surface area contributed by atoms with E-state index in [2.05, 4.69) is 10.6 Å². The Morgan fingerprint density at radius 2 is 1.47 bits per heavy atom. The maximum absolute atomic E-state index is 12.7. The summed E-state index contributed by atoms with van der Waals surface area (Å²) < 4.78 is 38.0. The summed E-state index contributed by atoms with van der Waals surface area (Å²) in [5.74, 6) is -0.704. The lowest BCUT2D eigenvalue weighted by molar-refractivity contribution is -0.137. The molecule has 3 aromatic rings.